The minimum Gasteiger partial charge on any atom is -0.308 e. The molecule has 0 radical (unpaired) electrons. The zero-order chi connectivity index (χ0) is 37.2. The highest BCUT2D eigenvalue weighted by Crippen LogP contribution is 2.45. The van der Waals surface area contributed by atoms with Crippen LogP contribution in [0.4, 0.5) is 0 Å². The molecule has 0 saturated carbocycles. The number of rotatable bonds is 2. The van der Waals surface area contributed by atoms with Crippen LogP contribution in [-0.2, 0) is 16.2 Å². The predicted molar refractivity (Wildman–Crippen MR) is 234 cm³/mol. The second kappa shape index (κ2) is 11.6. The highest BCUT2D eigenvalue weighted by molar-refractivity contribution is 9.10. The van der Waals surface area contributed by atoms with Crippen LogP contribution in [0, 0.1) is 0 Å². The maximum Gasteiger partial charge on any atom is 0.0657 e. The Labute approximate surface area is 321 Å². The second-order valence-corrected chi connectivity index (χ2v) is 18.9. The summed E-state index contributed by atoms with van der Waals surface area (Å²) in [6.07, 6.45) is 0. The first-order valence-corrected chi connectivity index (χ1v) is 19.7. The van der Waals surface area contributed by atoms with E-state index in [1.807, 2.05) is 0 Å². The molecule has 0 fully saturated rings. The van der Waals surface area contributed by atoms with Crippen molar-refractivity contribution in [1.29, 1.82) is 0 Å². The van der Waals surface area contributed by atoms with E-state index in [0.29, 0.717) is 0 Å². The normalized spacial score (nSPS) is 13.1. The van der Waals surface area contributed by atoms with Crippen molar-refractivity contribution in [3.8, 4) is 11.4 Å². The summed E-state index contributed by atoms with van der Waals surface area (Å²) in [6.45, 7) is 20.8. The SMILES string of the molecule is CC(C)(C)c1cc(-n2c3ccc(C(C)(C)C)cc3c3cc(C(C)(C)C)ccc32)c(Br)c(-n2c3cc4ccccc4cc3c3c4ccccc4ccc32)c1. The van der Waals surface area contributed by atoms with Crippen LogP contribution in [0.25, 0.3) is 76.5 Å². The van der Waals surface area contributed by atoms with E-state index in [9.17, 15) is 0 Å². The number of halogens is 1. The maximum absolute atomic E-state index is 4.32. The number of hydrogen-bond acceptors (Lipinski definition) is 0. The quantitative estimate of drug-likeness (QED) is 0.166. The third-order valence-corrected chi connectivity index (χ3v) is 12.2. The Morgan fingerprint density at radius 2 is 0.849 bits per heavy atom. The molecule has 0 saturated heterocycles. The topological polar surface area (TPSA) is 9.86 Å². The summed E-state index contributed by atoms with van der Waals surface area (Å²) in [6, 6.07) is 46.0. The lowest BCUT2D eigenvalue weighted by atomic mass is 9.85. The number of nitrogens with zero attached hydrogens (tertiary/aromatic N) is 2. The smallest absolute Gasteiger partial charge is 0.0657 e. The van der Waals surface area contributed by atoms with Gasteiger partial charge in [-0.25, -0.2) is 0 Å². The lowest BCUT2D eigenvalue weighted by Crippen LogP contribution is -2.14. The van der Waals surface area contributed by atoms with Gasteiger partial charge >= 0.3 is 0 Å². The van der Waals surface area contributed by atoms with Crippen molar-refractivity contribution >= 4 is 81.1 Å². The minimum atomic E-state index is -0.0973. The molecule has 9 rings (SSSR count). The molecule has 0 spiro atoms. The first-order valence-electron chi connectivity index (χ1n) is 18.9. The zero-order valence-corrected chi connectivity index (χ0v) is 33.9. The Bertz CT molecular complexity index is 2880. The van der Waals surface area contributed by atoms with Crippen LogP contribution in [-0.4, -0.2) is 9.13 Å². The summed E-state index contributed by atoms with van der Waals surface area (Å²) < 4.78 is 6.09. The molecule has 0 bridgehead atoms. The van der Waals surface area contributed by atoms with Gasteiger partial charge in [-0.15, -0.1) is 0 Å². The molecule has 0 aliphatic heterocycles. The van der Waals surface area contributed by atoms with Crippen molar-refractivity contribution in [2.75, 3.05) is 0 Å². The molecular weight excluding hydrogens is 708 g/mol. The van der Waals surface area contributed by atoms with Crippen molar-refractivity contribution in [3.05, 3.63) is 142 Å². The fourth-order valence-electron chi connectivity index (χ4n) is 8.30. The number of fused-ring (bicyclic) bond motifs is 9. The molecule has 9 aromatic rings. The van der Waals surface area contributed by atoms with Gasteiger partial charge < -0.3 is 9.13 Å². The molecule has 2 heterocycles. The molecular formula is C50H47BrN2. The third kappa shape index (κ3) is 5.34. The molecule has 264 valence electrons. The molecule has 53 heavy (non-hydrogen) atoms. The predicted octanol–water partition coefficient (Wildman–Crippen LogP) is 14.8. The van der Waals surface area contributed by atoms with Crippen molar-refractivity contribution in [1.82, 2.24) is 9.13 Å². The van der Waals surface area contributed by atoms with Crippen LogP contribution >= 0.6 is 15.9 Å². The minimum absolute atomic E-state index is 0.0367. The second-order valence-electron chi connectivity index (χ2n) is 18.1. The fourth-order valence-corrected chi connectivity index (χ4v) is 8.88. The summed E-state index contributed by atoms with van der Waals surface area (Å²) in [5.41, 5.74) is 11.1. The van der Waals surface area contributed by atoms with E-state index >= 15 is 0 Å². The van der Waals surface area contributed by atoms with Crippen LogP contribution in [0.3, 0.4) is 0 Å². The van der Waals surface area contributed by atoms with Crippen molar-refractivity contribution in [3.63, 3.8) is 0 Å². The monoisotopic (exact) mass is 754 g/mol. The van der Waals surface area contributed by atoms with Crippen molar-refractivity contribution < 1.29 is 0 Å². The lowest BCUT2D eigenvalue weighted by Gasteiger charge is -2.25. The van der Waals surface area contributed by atoms with E-state index in [1.54, 1.807) is 0 Å². The molecule has 2 aromatic heterocycles. The zero-order valence-electron chi connectivity index (χ0n) is 32.3. The Balaban J connectivity index is 1.44. The number of aromatic nitrogens is 2. The van der Waals surface area contributed by atoms with Gasteiger partial charge in [-0.2, -0.15) is 0 Å². The first kappa shape index (κ1) is 33.9. The number of hydrogen-bond donors (Lipinski definition) is 0. The molecule has 2 nitrogen and oxygen atoms in total. The van der Waals surface area contributed by atoms with Gasteiger partial charge in [0, 0.05) is 21.5 Å². The van der Waals surface area contributed by atoms with Crippen LogP contribution in [0.15, 0.2) is 126 Å². The van der Waals surface area contributed by atoms with Gasteiger partial charge in [0.25, 0.3) is 0 Å². The summed E-state index contributed by atoms with van der Waals surface area (Å²) >= 11 is 4.32. The van der Waals surface area contributed by atoms with E-state index in [1.165, 1.54) is 81.8 Å². The van der Waals surface area contributed by atoms with E-state index in [4.69, 9.17) is 0 Å². The first-order chi connectivity index (χ1) is 25.1. The van der Waals surface area contributed by atoms with Crippen molar-refractivity contribution in [2.24, 2.45) is 0 Å². The molecule has 0 aliphatic carbocycles. The van der Waals surface area contributed by atoms with Crippen LogP contribution in [0.1, 0.15) is 79.0 Å². The van der Waals surface area contributed by atoms with Gasteiger partial charge in [0.1, 0.15) is 0 Å². The average molecular weight is 756 g/mol. The molecule has 0 amide bonds. The van der Waals surface area contributed by atoms with E-state index in [0.717, 1.165) is 15.8 Å². The fraction of sp³-hybridized carbons (Fsp3) is 0.240. The third-order valence-electron chi connectivity index (χ3n) is 11.4. The lowest BCUT2D eigenvalue weighted by molar-refractivity contribution is 0.589. The summed E-state index contributed by atoms with van der Waals surface area (Å²) in [5, 5.41) is 10.2. The average Bonchev–Trinajstić information content (AvgIpc) is 3.61. The molecule has 0 aliphatic rings. The van der Waals surface area contributed by atoms with Crippen LogP contribution < -0.4 is 0 Å². The maximum atomic E-state index is 4.32. The Morgan fingerprint density at radius 3 is 1.40 bits per heavy atom. The largest absolute Gasteiger partial charge is 0.308 e. The van der Waals surface area contributed by atoms with E-state index in [-0.39, 0.29) is 16.2 Å². The van der Waals surface area contributed by atoms with Gasteiger partial charge in [0.05, 0.1) is 37.9 Å². The van der Waals surface area contributed by atoms with Gasteiger partial charge in [-0.05, 0) is 125 Å². The molecule has 0 N–H and O–H groups in total. The highest BCUT2D eigenvalue weighted by Gasteiger charge is 2.26. The standard InChI is InChI=1S/C50H47BrN2/c1-48(2,3)33-19-22-40-37(26-33)38-27-34(49(4,5)6)20-23-41(38)52(40)44-28-35(50(7,8)9)29-45(47(44)51)53-42-21-18-30-14-12-13-17-36(30)46(42)39-24-31-15-10-11-16-32(31)25-43(39)53/h10-29H,1-9H3. The van der Waals surface area contributed by atoms with E-state index < -0.39 is 0 Å². The molecule has 0 unspecified atom stereocenters. The van der Waals surface area contributed by atoms with Crippen LogP contribution in [0.2, 0.25) is 0 Å². The van der Waals surface area contributed by atoms with Crippen LogP contribution in [0.5, 0.6) is 0 Å². The summed E-state index contributed by atoms with van der Waals surface area (Å²) in [7, 11) is 0. The summed E-state index contributed by atoms with van der Waals surface area (Å²) in [5.74, 6) is 0. The van der Waals surface area contributed by atoms with Gasteiger partial charge in [-0.3, -0.25) is 0 Å². The van der Waals surface area contributed by atoms with Gasteiger partial charge in [0.2, 0.25) is 0 Å². The number of benzene rings is 7. The van der Waals surface area contributed by atoms with Gasteiger partial charge in [0.15, 0.2) is 0 Å². The summed E-state index contributed by atoms with van der Waals surface area (Å²) in [4.78, 5) is 0. The molecule has 3 heteroatoms. The molecule has 0 atom stereocenters. The van der Waals surface area contributed by atoms with Gasteiger partial charge in [-0.1, -0.05) is 129 Å². The molecule has 7 aromatic carbocycles. The Morgan fingerprint density at radius 1 is 0.377 bits per heavy atom. The van der Waals surface area contributed by atoms with E-state index in [2.05, 4.69) is 209 Å². The Hall–Kier alpha value is -4.86. The Kier molecular flexibility index (Phi) is 7.41. The highest BCUT2D eigenvalue weighted by atomic mass is 79.9. The van der Waals surface area contributed by atoms with Crippen molar-refractivity contribution in [2.45, 2.75) is 78.6 Å².